The van der Waals surface area contributed by atoms with E-state index in [1.807, 2.05) is 45.0 Å². The molecule has 0 radical (unpaired) electrons. The van der Waals surface area contributed by atoms with Gasteiger partial charge in [-0.15, -0.1) is 0 Å². The summed E-state index contributed by atoms with van der Waals surface area (Å²) >= 11 is 0. The zero-order valence-electron chi connectivity index (χ0n) is 16.9. The minimum Gasteiger partial charge on any atom is -0.491 e. The molecule has 1 heterocycles. The van der Waals surface area contributed by atoms with Crippen molar-refractivity contribution in [3.63, 3.8) is 0 Å². The van der Waals surface area contributed by atoms with Crippen molar-refractivity contribution in [2.24, 2.45) is 4.99 Å². The summed E-state index contributed by atoms with van der Waals surface area (Å²) in [4.78, 5) is 6.00. The molecule has 1 aliphatic heterocycles. The van der Waals surface area contributed by atoms with E-state index in [0.717, 1.165) is 17.7 Å². The average Bonchev–Trinajstić information content (AvgIpc) is 3.01. The predicted molar refractivity (Wildman–Crippen MR) is 106 cm³/mol. The first-order valence-electron chi connectivity index (χ1n) is 9.84. The summed E-state index contributed by atoms with van der Waals surface area (Å²) < 4.78 is 43.2. The minimum absolute atomic E-state index is 0.0207. The second-order valence-electron chi connectivity index (χ2n) is 7.30. The molecule has 28 heavy (non-hydrogen) atoms. The zero-order chi connectivity index (χ0) is 20.6. The molecule has 2 rings (SSSR count). The van der Waals surface area contributed by atoms with E-state index in [-0.39, 0.29) is 12.1 Å². The van der Waals surface area contributed by atoms with Gasteiger partial charge in [0.1, 0.15) is 5.75 Å². The Morgan fingerprint density at radius 1 is 1.29 bits per heavy atom. The first-order chi connectivity index (χ1) is 13.2. The number of guanidine groups is 1. The highest BCUT2D eigenvalue weighted by Crippen LogP contribution is 2.20. The minimum atomic E-state index is -4.15. The van der Waals surface area contributed by atoms with Crippen LogP contribution in [0.3, 0.4) is 0 Å². The van der Waals surface area contributed by atoms with E-state index in [9.17, 15) is 13.2 Å². The molecule has 0 aliphatic carbocycles. The van der Waals surface area contributed by atoms with Crippen LogP contribution >= 0.6 is 0 Å². The van der Waals surface area contributed by atoms with Gasteiger partial charge >= 0.3 is 6.18 Å². The SMILES string of the molecule is CCNC(=NCCc1ccc(OC(C)C)cc1)NC1CCN(CC(F)(F)F)C1. The maximum absolute atomic E-state index is 12.5. The van der Waals surface area contributed by atoms with E-state index < -0.39 is 12.7 Å². The Morgan fingerprint density at radius 2 is 2.00 bits per heavy atom. The molecule has 2 N–H and O–H groups in total. The summed E-state index contributed by atoms with van der Waals surface area (Å²) in [7, 11) is 0. The second kappa shape index (κ2) is 10.5. The fourth-order valence-corrected chi connectivity index (χ4v) is 3.16. The van der Waals surface area contributed by atoms with Crippen molar-refractivity contribution in [3.05, 3.63) is 29.8 Å². The molecule has 158 valence electrons. The lowest BCUT2D eigenvalue weighted by atomic mass is 10.1. The molecule has 8 heteroatoms. The van der Waals surface area contributed by atoms with Gasteiger partial charge in [-0.05, 0) is 51.3 Å². The maximum Gasteiger partial charge on any atom is 0.401 e. The van der Waals surface area contributed by atoms with Crippen LogP contribution in [0.25, 0.3) is 0 Å². The van der Waals surface area contributed by atoms with E-state index in [1.165, 1.54) is 4.90 Å². The molecule has 1 atom stereocenters. The van der Waals surface area contributed by atoms with Gasteiger partial charge in [-0.2, -0.15) is 13.2 Å². The highest BCUT2D eigenvalue weighted by Gasteiger charge is 2.34. The van der Waals surface area contributed by atoms with Crippen molar-refractivity contribution < 1.29 is 17.9 Å². The molecule has 1 fully saturated rings. The van der Waals surface area contributed by atoms with Gasteiger partial charge < -0.3 is 15.4 Å². The van der Waals surface area contributed by atoms with Crippen LogP contribution in [0.2, 0.25) is 0 Å². The number of hydrogen-bond acceptors (Lipinski definition) is 3. The van der Waals surface area contributed by atoms with Gasteiger partial charge in [0.15, 0.2) is 5.96 Å². The molecular weight excluding hydrogens is 369 g/mol. The molecule has 1 saturated heterocycles. The quantitative estimate of drug-likeness (QED) is 0.520. The molecular formula is C20H31F3N4O. The zero-order valence-corrected chi connectivity index (χ0v) is 16.9. The van der Waals surface area contributed by atoms with E-state index in [4.69, 9.17) is 4.74 Å². The molecule has 1 unspecified atom stereocenters. The van der Waals surface area contributed by atoms with Crippen LogP contribution in [0.1, 0.15) is 32.8 Å². The molecule has 0 amide bonds. The van der Waals surface area contributed by atoms with Crippen LogP contribution in [-0.2, 0) is 6.42 Å². The van der Waals surface area contributed by atoms with Crippen molar-refractivity contribution in [1.82, 2.24) is 15.5 Å². The number of halogens is 3. The summed E-state index contributed by atoms with van der Waals surface area (Å²) in [6.07, 6.45) is -2.54. The fraction of sp³-hybridized carbons (Fsp3) is 0.650. The third-order valence-corrected chi connectivity index (χ3v) is 4.33. The Morgan fingerprint density at radius 3 is 2.61 bits per heavy atom. The number of likely N-dealkylation sites (tertiary alicyclic amines) is 1. The highest BCUT2D eigenvalue weighted by molar-refractivity contribution is 5.80. The maximum atomic E-state index is 12.5. The highest BCUT2D eigenvalue weighted by atomic mass is 19.4. The fourth-order valence-electron chi connectivity index (χ4n) is 3.16. The Hall–Kier alpha value is -1.96. The summed E-state index contributed by atoms with van der Waals surface area (Å²) in [5, 5.41) is 6.43. The van der Waals surface area contributed by atoms with E-state index >= 15 is 0 Å². The number of alkyl halides is 3. The monoisotopic (exact) mass is 400 g/mol. The molecule has 0 aromatic heterocycles. The molecule has 1 aliphatic rings. The van der Waals surface area contributed by atoms with Crippen LogP contribution in [0, 0.1) is 0 Å². The Bertz CT molecular complexity index is 617. The van der Waals surface area contributed by atoms with Gasteiger partial charge in [-0.3, -0.25) is 9.89 Å². The Labute approximate surface area is 165 Å². The van der Waals surface area contributed by atoms with Gasteiger partial charge in [0.25, 0.3) is 0 Å². The summed E-state index contributed by atoms with van der Waals surface area (Å²) in [5.74, 6) is 1.50. The first kappa shape index (κ1) is 22.3. The van der Waals surface area contributed by atoms with E-state index in [2.05, 4.69) is 15.6 Å². The number of aliphatic imine (C=N–C) groups is 1. The summed E-state index contributed by atoms with van der Waals surface area (Å²) in [5.41, 5.74) is 1.16. The van der Waals surface area contributed by atoms with Crippen LogP contribution in [0.5, 0.6) is 5.75 Å². The second-order valence-corrected chi connectivity index (χ2v) is 7.30. The molecule has 1 aromatic rings. The first-order valence-corrected chi connectivity index (χ1v) is 9.84. The van der Waals surface area contributed by atoms with Crippen molar-refractivity contribution >= 4 is 5.96 Å². The molecule has 0 saturated carbocycles. The number of benzene rings is 1. The van der Waals surface area contributed by atoms with Crippen molar-refractivity contribution in [2.45, 2.75) is 51.9 Å². The summed E-state index contributed by atoms with van der Waals surface area (Å²) in [6.45, 7) is 7.22. The van der Waals surface area contributed by atoms with Gasteiger partial charge in [-0.1, -0.05) is 12.1 Å². The van der Waals surface area contributed by atoms with Crippen LogP contribution < -0.4 is 15.4 Å². The topological polar surface area (TPSA) is 48.9 Å². The lowest BCUT2D eigenvalue weighted by molar-refractivity contribution is -0.143. The largest absolute Gasteiger partial charge is 0.491 e. The normalized spacial score (nSPS) is 18.5. The smallest absolute Gasteiger partial charge is 0.401 e. The molecule has 1 aromatic carbocycles. The lowest BCUT2D eigenvalue weighted by Gasteiger charge is -2.19. The van der Waals surface area contributed by atoms with Crippen LogP contribution in [-0.4, -0.2) is 61.9 Å². The predicted octanol–water partition coefficient (Wildman–Crippen LogP) is 3.21. The van der Waals surface area contributed by atoms with Crippen LogP contribution in [0.4, 0.5) is 13.2 Å². The van der Waals surface area contributed by atoms with E-state index in [0.29, 0.717) is 38.6 Å². The third kappa shape index (κ3) is 8.37. The number of rotatable bonds is 8. The molecule has 0 bridgehead atoms. The van der Waals surface area contributed by atoms with Crippen molar-refractivity contribution in [1.29, 1.82) is 0 Å². The summed E-state index contributed by atoms with van der Waals surface area (Å²) in [6, 6.07) is 7.94. The van der Waals surface area contributed by atoms with Crippen LogP contribution in [0.15, 0.2) is 29.3 Å². The lowest BCUT2D eigenvalue weighted by Crippen LogP contribution is -2.45. The van der Waals surface area contributed by atoms with Gasteiger partial charge in [0, 0.05) is 32.2 Å². The number of nitrogens with zero attached hydrogens (tertiary/aromatic N) is 2. The third-order valence-electron chi connectivity index (χ3n) is 4.33. The van der Waals surface area contributed by atoms with Gasteiger partial charge in [0.05, 0.1) is 12.6 Å². The average molecular weight is 400 g/mol. The standard InChI is InChI=1S/C20H31F3N4O/c1-4-24-19(26-17-10-12-27(13-17)14-20(21,22)23)25-11-9-16-5-7-18(8-6-16)28-15(2)3/h5-8,15,17H,4,9-14H2,1-3H3,(H2,24,25,26). The van der Waals surface area contributed by atoms with Gasteiger partial charge in [0.2, 0.25) is 0 Å². The van der Waals surface area contributed by atoms with Crippen molar-refractivity contribution in [2.75, 3.05) is 32.7 Å². The Kier molecular flexibility index (Phi) is 8.41. The number of ether oxygens (including phenoxy) is 1. The number of nitrogens with one attached hydrogen (secondary N) is 2. The number of hydrogen-bond donors (Lipinski definition) is 2. The van der Waals surface area contributed by atoms with Gasteiger partial charge in [-0.25, -0.2) is 0 Å². The van der Waals surface area contributed by atoms with E-state index in [1.54, 1.807) is 0 Å². The Balaban J connectivity index is 1.82. The molecule has 0 spiro atoms. The molecule has 5 nitrogen and oxygen atoms in total. The van der Waals surface area contributed by atoms with Crippen molar-refractivity contribution in [3.8, 4) is 5.75 Å².